The van der Waals surface area contributed by atoms with Gasteiger partial charge in [0.05, 0.1) is 11.6 Å². The Bertz CT molecular complexity index is 357. The molecule has 0 atom stereocenters. The van der Waals surface area contributed by atoms with Crippen molar-refractivity contribution in [3.05, 3.63) is 28.5 Å². The van der Waals surface area contributed by atoms with Gasteiger partial charge in [0.2, 0.25) is 0 Å². The van der Waals surface area contributed by atoms with Crippen molar-refractivity contribution in [1.29, 1.82) is 0 Å². The van der Waals surface area contributed by atoms with Gasteiger partial charge in [-0.2, -0.15) is 0 Å². The highest BCUT2D eigenvalue weighted by Gasteiger charge is 2.04. The van der Waals surface area contributed by atoms with Crippen molar-refractivity contribution in [3.63, 3.8) is 0 Å². The third-order valence-electron chi connectivity index (χ3n) is 1.83. The lowest BCUT2D eigenvalue weighted by Crippen LogP contribution is -2.23. The van der Waals surface area contributed by atoms with E-state index in [2.05, 4.69) is 10.3 Å². The first-order valence-electron chi connectivity index (χ1n) is 4.34. The van der Waals surface area contributed by atoms with E-state index in [0.29, 0.717) is 22.7 Å². The maximum absolute atomic E-state index is 10.2. The molecule has 0 saturated heterocycles. The zero-order valence-corrected chi connectivity index (χ0v) is 8.66. The molecule has 0 aliphatic heterocycles. The Balaban J connectivity index is 2.63. The van der Waals surface area contributed by atoms with Crippen LogP contribution in [0.1, 0.15) is 11.3 Å². The van der Waals surface area contributed by atoms with Gasteiger partial charge in [0.1, 0.15) is 0 Å². The van der Waals surface area contributed by atoms with Gasteiger partial charge in [-0.05, 0) is 6.07 Å². The number of pyridine rings is 1. The lowest BCUT2D eigenvalue weighted by Gasteiger charge is -2.06. The highest BCUT2D eigenvalue weighted by molar-refractivity contribution is 6.30. The molecule has 0 saturated carbocycles. The van der Waals surface area contributed by atoms with E-state index in [9.17, 15) is 4.79 Å². The summed E-state index contributed by atoms with van der Waals surface area (Å²) in [6.45, 7) is 0.104. The number of carboxylic acid groups (broad SMARTS) is 1. The SMILES string of the molecule is O=C(O)NCCc1ncc(Cl)cc1CO. The molecule has 3 N–H and O–H groups in total. The molecule has 0 fully saturated rings. The molecule has 0 spiro atoms. The van der Waals surface area contributed by atoms with E-state index < -0.39 is 6.09 Å². The first-order valence-corrected chi connectivity index (χ1v) is 4.72. The molecular formula is C9H11ClN2O3. The summed E-state index contributed by atoms with van der Waals surface area (Å²) in [6, 6.07) is 1.62. The van der Waals surface area contributed by atoms with E-state index in [1.807, 2.05) is 0 Å². The molecular weight excluding hydrogens is 220 g/mol. The van der Waals surface area contributed by atoms with Crippen LogP contribution in [-0.4, -0.2) is 27.8 Å². The molecule has 1 rings (SSSR count). The number of aliphatic hydroxyl groups excluding tert-OH is 1. The zero-order chi connectivity index (χ0) is 11.3. The summed E-state index contributed by atoms with van der Waals surface area (Å²) in [4.78, 5) is 14.2. The van der Waals surface area contributed by atoms with E-state index in [4.69, 9.17) is 21.8 Å². The Hall–Kier alpha value is -1.33. The lowest BCUT2D eigenvalue weighted by molar-refractivity contribution is 0.194. The molecule has 15 heavy (non-hydrogen) atoms. The van der Waals surface area contributed by atoms with Gasteiger partial charge in [-0.3, -0.25) is 4.98 Å². The predicted molar refractivity (Wildman–Crippen MR) is 54.9 cm³/mol. The van der Waals surface area contributed by atoms with E-state index in [1.165, 1.54) is 6.20 Å². The normalized spacial score (nSPS) is 10.0. The maximum Gasteiger partial charge on any atom is 0.404 e. The third kappa shape index (κ3) is 3.73. The van der Waals surface area contributed by atoms with Gasteiger partial charge >= 0.3 is 6.09 Å². The van der Waals surface area contributed by atoms with Gasteiger partial charge in [-0.25, -0.2) is 4.79 Å². The minimum absolute atomic E-state index is 0.157. The van der Waals surface area contributed by atoms with Crippen LogP contribution in [0.4, 0.5) is 4.79 Å². The van der Waals surface area contributed by atoms with Crippen LogP contribution in [0.5, 0.6) is 0 Å². The molecule has 5 nitrogen and oxygen atoms in total. The number of amides is 1. The Morgan fingerprint density at radius 3 is 2.93 bits per heavy atom. The number of nitrogens with one attached hydrogen (secondary N) is 1. The van der Waals surface area contributed by atoms with Crippen molar-refractivity contribution in [1.82, 2.24) is 10.3 Å². The van der Waals surface area contributed by atoms with E-state index in [0.717, 1.165) is 0 Å². The fourth-order valence-corrected chi connectivity index (χ4v) is 1.34. The van der Waals surface area contributed by atoms with E-state index in [1.54, 1.807) is 6.07 Å². The topological polar surface area (TPSA) is 82.5 Å². The lowest BCUT2D eigenvalue weighted by atomic mass is 10.1. The summed E-state index contributed by atoms with van der Waals surface area (Å²) in [7, 11) is 0. The third-order valence-corrected chi connectivity index (χ3v) is 2.04. The number of hydrogen-bond donors (Lipinski definition) is 3. The summed E-state index contributed by atoms with van der Waals surface area (Å²) >= 11 is 5.70. The standard InChI is InChI=1S/C9H11ClN2O3/c10-7-3-6(5-13)8(12-4-7)1-2-11-9(14)15/h3-4,11,13H,1-2,5H2,(H,14,15). The summed E-state index contributed by atoms with van der Waals surface area (Å²) in [5.74, 6) is 0. The van der Waals surface area contributed by atoms with Crippen molar-refractivity contribution >= 4 is 17.7 Å². The number of rotatable bonds is 4. The summed E-state index contributed by atoms with van der Waals surface area (Å²) in [5, 5.41) is 20.1. The summed E-state index contributed by atoms with van der Waals surface area (Å²) in [6.07, 6.45) is 0.824. The Kier molecular flexibility index (Phi) is 4.33. The molecule has 0 aliphatic rings. The van der Waals surface area contributed by atoms with Crippen LogP contribution in [-0.2, 0) is 13.0 Å². The molecule has 0 bridgehead atoms. The zero-order valence-electron chi connectivity index (χ0n) is 7.90. The van der Waals surface area contributed by atoms with E-state index in [-0.39, 0.29) is 13.2 Å². The number of aliphatic hydroxyl groups is 1. The van der Waals surface area contributed by atoms with Gasteiger partial charge in [0, 0.05) is 30.4 Å². The van der Waals surface area contributed by atoms with Gasteiger partial charge in [-0.15, -0.1) is 0 Å². The Labute approximate surface area is 91.7 Å². The highest BCUT2D eigenvalue weighted by atomic mass is 35.5. The predicted octanol–water partition coefficient (Wildman–Crippen LogP) is 1.04. The second-order valence-electron chi connectivity index (χ2n) is 2.90. The molecule has 6 heteroatoms. The average molecular weight is 231 g/mol. The van der Waals surface area contributed by atoms with Gasteiger partial charge in [-0.1, -0.05) is 11.6 Å². The number of aromatic nitrogens is 1. The molecule has 0 aliphatic carbocycles. The molecule has 0 radical (unpaired) electrons. The molecule has 0 aromatic carbocycles. The molecule has 1 amide bonds. The maximum atomic E-state index is 10.2. The second-order valence-corrected chi connectivity index (χ2v) is 3.34. The fourth-order valence-electron chi connectivity index (χ4n) is 1.16. The molecule has 1 heterocycles. The van der Waals surface area contributed by atoms with Crippen LogP contribution in [0.25, 0.3) is 0 Å². The van der Waals surface area contributed by atoms with Gasteiger partial charge < -0.3 is 15.5 Å². The minimum atomic E-state index is -1.07. The van der Waals surface area contributed by atoms with Crippen molar-refractivity contribution in [2.75, 3.05) is 6.54 Å². The average Bonchev–Trinajstić information content (AvgIpc) is 2.19. The van der Waals surface area contributed by atoms with Crippen molar-refractivity contribution in [2.45, 2.75) is 13.0 Å². The van der Waals surface area contributed by atoms with Crippen LogP contribution in [0.15, 0.2) is 12.3 Å². The molecule has 1 aromatic heterocycles. The number of carbonyl (C=O) groups is 1. The quantitative estimate of drug-likeness (QED) is 0.722. The first-order chi connectivity index (χ1) is 7.13. The summed E-state index contributed by atoms with van der Waals surface area (Å²) < 4.78 is 0. The number of hydrogen-bond acceptors (Lipinski definition) is 3. The van der Waals surface area contributed by atoms with Crippen LogP contribution in [0.3, 0.4) is 0 Å². The molecule has 1 aromatic rings. The van der Waals surface area contributed by atoms with Crippen LogP contribution < -0.4 is 5.32 Å². The van der Waals surface area contributed by atoms with Crippen LogP contribution in [0.2, 0.25) is 5.02 Å². The van der Waals surface area contributed by atoms with Crippen LogP contribution >= 0.6 is 11.6 Å². The number of halogens is 1. The highest BCUT2D eigenvalue weighted by Crippen LogP contribution is 2.13. The smallest absolute Gasteiger partial charge is 0.404 e. The number of nitrogens with zero attached hydrogens (tertiary/aromatic N) is 1. The Morgan fingerprint density at radius 1 is 1.60 bits per heavy atom. The van der Waals surface area contributed by atoms with Crippen LogP contribution in [0, 0.1) is 0 Å². The summed E-state index contributed by atoms with van der Waals surface area (Å²) in [5.41, 5.74) is 1.27. The first kappa shape index (κ1) is 11.7. The Morgan fingerprint density at radius 2 is 2.33 bits per heavy atom. The molecule has 82 valence electrons. The van der Waals surface area contributed by atoms with Crippen molar-refractivity contribution < 1.29 is 15.0 Å². The van der Waals surface area contributed by atoms with E-state index >= 15 is 0 Å². The fraction of sp³-hybridized carbons (Fsp3) is 0.333. The monoisotopic (exact) mass is 230 g/mol. The van der Waals surface area contributed by atoms with Gasteiger partial charge in [0.25, 0.3) is 0 Å². The minimum Gasteiger partial charge on any atom is -0.465 e. The van der Waals surface area contributed by atoms with Gasteiger partial charge in [0.15, 0.2) is 0 Å². The molecule has 0 unspecified atom stereocenters. The van der Waals surface area contributed by atoms with Crippen molar-refractivity contribution in [3.8, 4) is 0 Å². The van der Waals surface area contributed by atoms with Crippen molar-refractivity contribution in [2.24, 2.45) is 0 Å². The second kappa shape index (κ2) is 5.53. The largest absolute Gasteiger partial charge is 0.465 e.